The monoisotopic (exact) mass is 296 g/mol. The average molecular weight is 297 g/mol. The number of sulfonamides is 1. The van der Waals surface area contributed by atoms with Gasteiger partial charge in [0.1, 0.15) is 5.15 Å². The Morgan fingerprint density at radius 3 is 2.58 bits per heavy atom. The highest BCUT2D eigenvalue weighted by atomic mass is 35.5. The quantitative estimate of drug-likeness (QED) is 0.801. The molecule has 1 aromatic heterocycles. The summed E-state index contributed by atoms with van der Waals surface area (Å²) in [4.78, 5) is 4.48. The Morgan fingerprint density at radius 1 is 1.11 bits per heavy atom. The van der Waals surface area contributed by atoms with Crippen LogP contribution in [-0.2, 0) is 10.0 Å². The summed E-state index contributed by atoms with van der Waals surface area (Å²) in [5.41, 5.74) is 0.702. The summed E-state index contributed by atoms with van der Waals surface area (Å²) in [5, 5.41) is 1.19. The third-order valence-electron chi connectivity index (χ3n) is 3.33. The number of hydrogen-bond acceptors (Lipinski definition) is 3. The van der Waals surface area contributed by atoms with E-state index in [9.17, 15) is 8.42 Å². The molecule has 0 aliphatic carbocycles. The molecule has 6 heteroatoms. The fourth-order valence-corrected chi connectivity index (χ4v) is 4.02. The summed E-state index contributed by atoms with van der Waals surface area (Å²) in [7, 11) is -3.37. The fourth-order valence-electron chi connectivity index (χ4n) is 2.32. The number of benzene rings is 1. The Morgan fingerprint density at radius 2 is 1.84 bits per heavy atom. The Balaban J connectivity index is 2.08. The second-order valence-electron chi connectivity index (χ2n) is 4.60. The van der Waals surface area contributed by atoms with E-state index in [4.69, 9.17) is 11.6 Å². The molecule has 0 amide bonds. The van der Waals surface area contributed by atoms with E-state index in [1.807, 2.05) is 0 Å². The minimum atomic E-state index is -3.37. The number of halogens is 1. The lowest BCUT2D eigenvalue weighted by Gasteiger charge is -2.15. The van der Waals surface area contributed by atoms with E-state index in [-0.39, 0.29) is 0 Å². The van der Waals surface area contributed by atoms with Crippen LogP contribution in [0, 0.1) is 0 Å². The molecule has 0 saturated carbocycles. The zero-order valence-electron chi connectivity index (χ0n) is 10.2. The minimum Gasteiger partial charge on any atom is -0.236 e. The second kappa shape index (κ2) is 4.74. The molecule has 0 spiro atoms. The molecule has 1 fully saturated rings. The van der Waals surface area contributed by atoms with Crippen LogP contribution in [0.15, 0.2) is 35.2 Å². The first-order chi connectivity index (χ1) is 9.07. The number of rotatable bonds is 2. The van der Waals surface area contributed by atoms with Gasteiger partial charge in [-0.1, -0.05) is 11.6 Å². The molecule has 2 aromatic rings. The van der Waals surface area contributed by atoms with Crippen LogP contribution < -0.4 is 0 Å². The number of nitrogens with zero attached hydrogens (tertiary/aromatic N) is 2. The third kappa shape index (κ3) is 2.33. The number of pyridine rings is 1. The lowest BCUT2D eigenvalue weighted by Crippen LogP contribution is -2.27. The van der Waals surface area contributed by atoms with E-state index >= 15 is 0 Å². The van der Waals surface area contributed by atoms with Gasteiger partial charge in [-0.15, -0.1) is 0 Å². The van der Waals surface area contributed by atoms with Gasteiger partial charge in [0, 0.05) is 18.5 Å². The molecule has 0 N–H and O–H groups in total. The molecule has 1 aliphatic heterocycles. The Bertz CT molecular complexity index is 725. The first-order valence-corrected chi connectivity index (χ1v) is 7.96. The lowest BCUT2D eigenvalue weighted by atomic mass is 10.2. The molecule has 4 nitrogen and oxygen atoms in total. The van der Waals surface area contributed by atoms with Gasteiger partial charge in [0.25, 0.3) is 0 Å². The van der Waals surface area contributed by atoms with Gasteiger partial charge in [0.05, 0.1) is 10.4 Å². The van der Waals surface area contributed by atoms with E-state index in [1.165, 1.54) is 4.31 Å². The summed E-state index contributed by atoms with van der Waals surface area (Å²) in [5.74, 6) is 0. The molecular formula is C13H13ClN2O2S. The van der Waals surface area contributed by atoms with Crippen LogP contribution in [0.25, 0.3) is 10.9 Å². The molecule has 2 heterocycles. The van der Waals surface area contributed by atoms with Gasteiger partial charge in [-0.05, 0) is 43.2 Å². The summed E-state index contributed by atoms with van der Waals surface area (Å²) in [6, 6.07) is 8.40. The van der Waals surface area contributed by atoms with Crippen molar-refractivity contribution in [2.24, 2.45) is 0 Å². The highest BCUT2D eigenvalue weighted by molar-refractivity contribution is 7.89. The second-order valence-corrected chi connectivity index (χ2v) is 6.92. The number of aromatic nitrogens is 1. The van der Waals surface area contributed by atoms with Crippen LogP contribution in [0.3, 0.4) is 0 Å². The van der Waals surface area contributed by atoms with Gasteiger partial charge in [0.2, 0.25) is 10.0 Å². The molecule has 0 atom stereocenters. The molecule has 3 rings (SSSR count). The summed E-state index contributed by atoms with van der Waals surface area (Å²) in [6.45, 7) is 1.22. The van der Waals surface area contributed by atoms with Crippen LogP contribution in [0.2, 0.25) is 5.15 Å². The standard InChI is InChI=1S/C13H13ClN2O2S/c14-13-6-3-10-9-11(4-5-12(10)15-13)19(17,18)16-7-1-2-8-16/h3-6,9H,1-2,7-8H2. The highest BCUT2D eigenvalue weighted by Gasteiger charge is 2.27. The molecule has 100 valence electrons. The summed E-state index contributed by atoms with van der Waals surface area (Å²) >= 11 is 5.81. The van der Waals surface area contributed by atoms with Crippen molar-refractivity contribution in [1.82, 2.24) is 9.29 Å². The van der Waals surface area contributed by atoms with E-state index in [0.717, 1.165) is 18.2 Å². The van der Waals surface area contributed by atoms with Crippen molar-refractivity contribution < 1.29 is 8.42 Å². The van der Waals surface area contributed by atoms with Crippen LogP contribution in [0.5, 0.6) is 0 Å². The zero-order valence-corrected chi connectivity index (χ0v) is 11.8. The van der Waals surface area contributed by atoms with Crippen molar-refractivity contribution in [3.63, 3.8) is 0 Å². The molecule has 1 aromatic carbocycles. The third-order valence-corrected chi connectivity index (χ3v) is 5.43. The molecular weight excluding hydrogens is 284 g/mol. The van der Waals surface area contributed by atoms with Gasteiger partial charge < -0.3 is 0 Å². The van der Waals surface area contributed by atoms with E-state index in [2.05, 4.69) is 4.98 Å². The molecule has 0 radical (unpaired) electrons. The molecule has 1 saturated heterocycles. The summed E-state index contributed by atoms with van der Waals surface area (Å²) < 4.78 is 26.4. The minimum absolute atomic E-state index is 0.325. The van der Waals surface area contributed by atoms with Crippen molar-refractivity contribution in [3.8, 4) is 0 Å². The largest absolute Gasteiger partial charge is 0.243 e. The first kappa shape index (κ1) is 12.8. The zero-order chi connectivity index (χ0) is 13.5. The maximum Gasteiger partial charge on any atom is 0.243 e. The molecule has 0 unspecified atom stereocenters. The van der Waals surface area contributed by atoms with Gasteiger partial charge in [0.15, 0.2) is 0 Å². The SMILES string of the molecule is O=S(=O)(c1ccc2nc(Cl)ccc2c1)N1CCCC1. The van der Waals surface area contributed by atoms with E-state index < -0.39 is 10.0 Å². The Labute approximate surface area is 117 Å². The average Bonchev–Trinajstić information content (AvgIpc) is 2.92. The summed E-state index contributed by atoms with van der Waals surface area (Å²) in [6.07, 6.45) is 1.87. The fraction of sp³-hybridized carbons (Fsp3) is 0.308. The van der Waals surface area contributed by atoms with Crippen molar-refractivity contribution in [1.29, 1.82) is 0 Å². The molecule has 1 aliphatic rings. The maximum absolute atomic E-state index is 12.4. The van der Waals surface area contributed by atoms with Crippen LogP contribution in [0.1, 0.15) is 12.8 Å². The molecule has 19 heavy (non-hydrogen) atoms. The van der Waals surface area contributed by atoms with Crippen LogP contribution in [0.4, 0.5) is 0 Å². The molecule has 0 bridgehead atoms. The van der Waals surface area contributed by atoms with E-state index in [1.54, 1.807) is 30.3 Å². The van der Waals surface area contributed by atoms with Crippen LogP contribution >= 0.6 is 11.6 Å². The number of hydrogen-bond donors (Lipinski definition) is 0. The maximum atomic E-state index is 12.4. The van der Waals surface area contributed by atoms with Crippen LogP contribution in [-0.4, -0.2) is 30.8 Å². The van der Waals surface area contributed by atoms with Crippen molar-refractivity contribution in [3.05, 3.63) is 35.5 Å². The Hall–Kier alpha value is -1.17. The van der Waals surface area contributed by atoms with Gasteiger partial charge in [-0.2, -0.15) is 4.31 Å². The van der Waals surface area contributed by atoms with Crippen molar-refractivity contribution in [2.75, 3.05) is 13.1 Å². The van der Waals surface area contributed by atoms with Gasteiger partial charge in [-0.3, -0.25) is 0 Å². The predicted octanol–water partition coefficient (Wildman–Crippen LogP) is 2.67. The van der Waals surface area contributed by atoms with Gasteiger partial charge in [-0.25, -0.2) is 13.4 Å². The number of fused-ring (bicyclic) bond motifs is 1. The normalized spacial score (nSPS) is 17.1. The van der Waals surface area contributed by atoms with Crippen molar-refractivity contribution >= 4 is 32.5 Å². The lowest BCUT2D eigenvalue weighted by molar-refractivity contribution is 0.477. The highest BCUT2D eigenvalue weighted by Crippen LogP contribution is 2.24. The van der Waals surface area contributed by atoms with Crippen molar-refractivity contribution in [2.45, 2.75) is 17.7 Å². The predicted molar refractivity (Wildman–Crippen MR) is 74.7 cm³/mol. The Kier molecular flexibility index (Phi) is 3.20. The topological polar surface area (TPSA) is 50.3 Å². The van der Waals surface area contributed by atoms with E-state index in [0.29, 0.717) is 28.7 Å². The first-order valence-electron chi connectivity index (χ1n) is 6.14. The smallest absolute Gasteiger partial charge is 0.236 e. The van der Waals surface area contributed by atoms with Gasteiger partial charge >= 0.3 is 0 Å².